The third kappa shape index (κ3) is 5.61. The molecular formula is C21H31FN4O. The second kappa shape index (κ2) is 9.44. The number of piperazine rings is 1. The molecule has 1 aromatic carbocycles. The molecule has 1 fully saturated rings. The first-order valence-electron chi connectivity index (χ1n) is 9.89. The van der Waals surface area contributed by atoms with Gasteiger partial charge < -0.3 is 5.11 Å². The zero-order valence-corrected chi connectivity index (χ0v) is 16.4. The summed E-state index contributed by atoms with van der Waals surface area (Å²) in [6.45, 7) is 8.63. The molecule has 1 aliphatic heterocycles. The van der Waals surface area contributed by atoms with E-state index in [1.807, 2.05) is 12.1 Å². The molecule has 148 valence electrons. The first-order valence-corrected chi connectivity index (χ1v) is 9.89. The summed E-state index contributed by atoms with van der Waals surface area (Å²) in [5, 5.41) is 17.1. The molecule has 0 bridgehead atoms. The van der Waals surface area contributed by atoms with Crippen LogP contribution in [-0.4, -0.2) is 57.4 Å². The number of nitrogens with one attached hydrogen (secondary N) is 1. The highest BCUT2D eigenvalue weighted by atomic mass is 19.1. The van der Waals surface area contributed by atoms with E-state index in [2.05, 4.69) is 39.9 Å². The zero-order valence-electron chi connectivity index (χ0n) is 16.4. The molecule has 1 aromatic heterocycles. The Balaban J connectivity index is 1.60. The predicted octanol–water partition coefficient (Wildman–Crippen LogP) is 2.82. The number of aliphatic hydroxyl groups excluding tert-OH is 1. The van der Waals surface area contributed by atoms with Crippen molar-refractivity contribution in [1.82, 2.24) is 20.0 Å². The van der Waals surface area contributed by atoms with E-state index >= 15 is 0 Å². The van der Waals surface area contributed by atoms with Crippen molar-refractivity contribution in [2.24, 2.45) is 5.92 Å². The lowest BCUT2D eigenvalue weighted by Gasteiger charge is -2.41. The minimum Gasteiger partial charge on any atom is -0.396 e. The van der Waals surface area contributed by atoms with Crippen LogP contribution in [0.15, 0.2) is 30.3 Å². The predicted molar refractivity (Wildman–Crippen MR) is 105 cm³/mol. The van der Waals surface area contributed by atoms with E-state index < -0.39 is 0 Å². The van der Waals surface area contributed by atoms with Gasteiger partial charge in [0.1, 0.15) is 5.82 Å². The summed E-state index contributed by atoms with van der Waals surface area (Å²) in [7, 11) is 0. The molecule has 6 heteroatoms. The molecule has 1 saturated heterocycles. The van der Waals surface area contributed by atoms with Gasteiger partial charge in [0.05, 0.1) is 5.69 Å². The van der Waals surface area contributed by atoms with Gasteiger partial charge in [-0.1, -0.05) is 32.0 Å². The molecule has 0 spiro atoms. The smallest absolute Gasteiger partial charge is 0.127 e. The normalized spacial score (nSPS) is 19.1. The molecule has 0 unspecified atom stereocenters. The van der Waals surface area contributed by atoms with Crippen LogP contribution in [-0.2, 0) is 19.5 Å². The van der Waals surface area contributed by atoms with Gasteiger partial charge in [0, 0.05) is 56.6 Å². The topological polar surface area (TPSA) is 55.4 Å². The molecule has 0 saturated carbocycles. The van der Waals surface area contributed by atoms with Crippen molar-refractivity contribution in [3.63, 3.8) is 0 Å². The minimum absolute atomic E-state index is 0.148. The Bertz CT molecular complexity index is 718. The first kappa shape index (κ1) is 20.0. The van der Waals surface area contributed by atoms with E-state index in [0.29, 0.717) is 18.9 Å². The number of hydrogen-bond acceptors (Lipinski definition) is 4. The van der Waals surface area contributed by atoms with E-state index in [9.17, 15) is 9.50 Å². The number of aromatic nitrogens is 2. The molecule has 27 heavy (non-hydrogen) atoms. The largest absolute Gasteiger partial charge is 0.396 e. The standard InChI is InChI=1S/C21H31FN4O/c1-16(2)11-18-12-19(24-23-18)14-25-8-9-26(20(15-25)7-10-27)13-17-5-3-4-6-21(17)22/h3-6,12,16,20,27H,7-11,13-15H2,1-2H3,(H,23,24)/t20-/m0/s1. The third-order valence-corrected chi connectivity index (χ3v) is 5.18. The zero-order chi connectivity index (χ0) is 19.2. The Morgan fingerprint density at radius 2 is 2.07 bits per heavy atom. The minimum atomic E-state index is -0.155. The molecule has 0 radical (unpaired) electrons. The van der Waals surface area contributed by atoms with Crippen molar-refractivity contribution in [2.45, 2.75) is 45.8 Å². The van der Waals surface area contributed by atoms with Gasteiger partial charge in [0.25, 0.3) is 0 Å². The third-order valence-electron chi connectivity index (χ3n) is 5.18. The summed E-state index contributed by atoms with van der Waals surface area (Å²) in [5.41, 5.74) is 2.97. The fourth-order valence-corrected chi connectivity index (χ4v) is 3.83. The van der Waals surface area contributed by atoms with Crippen LogP contribution in [0.4, 0.5) is 4.39 Å². The van der Waals surface area contributed by atoms with Gasteiger partial charge in [-0.25, -0.2) is 4.39 Å². The molecule has 3 rings (SSSR count). The Morgan fingerprint density at radius 1 is 1.26 bits per heavy atom. The molecular weight excluding hydrogens is 343 g/mol. The van der Waals surface area contributed by atoms with E-state index in [4.69, 9.17) is 0 Å². The molecule has 2 N–H and O–H groups in total. The monoisotopic (exact) mass is 374 g/mol. The Labute approximate surface area is 161 Å². The van der Waals surface area contributed by atoms with Gasteiger partial charge in [-0.05, 0) is 30.9 Å². The number of H-pyrrole nitrogens is 1. The maximum atomic E-state index is 14.0. The second-order valence-electron chi connectivity index (χ2n) is 7.95. The fourth-order valence-electron chi connectivity index (χ4n) is 3.83. The van der Waals surface area contributed by atoms with Crippen molar-refractivity contribution in [2.75, 3.05) is 26.2 Å². The number of halogens is 1. The van der Waals surface area contributed by atoms with E-state index in [1.165, 1.54) is 6.07 Å². The van der Waals surface area contributed by atoms with Gasteiger partial charge in [-0.3, -0.25) is 14.9 Å². The van der Waals surface area contributed by atoms with Crippen molar-refractivity contribution in [1.29, 1.82) is 0 Å². The van der Waals surface area contributed by atoms with Crippen LogP contribution >= 0.6 is 0 Å². The highest BCUT2D eigenvalue weighted by molar-refractivity contribution is 5.17. The molecule has 1 atom stereocenters. The van der Waals surface area contributed by atoms with Crippen LogP contribution in [0.1, 0.15) is 37.2 Å². The number of hydrogen-bond donors (Lipinski definition) is 2. The van der Waals surface area contributed by atoms with Crippen LogP contribution in [0.5, 0.6) is 0 Å². The van der Waals surface area contributed by atoms with Crippen molar-refractivity contribution >= 4 is 0 Å². The van der Waals surface area contributed by atoms with Gasteiger partial charge in [0.2, 0.25) is 0 Å². The van der Waals surface area contributed by atoms with Crippen LogP contribution in [0.3, 0.4) is 0 Å². The summed E-state index contributed by atoms with van der Waals surface area (Å²) in [4.78, 5) is 4.69. The van der Waals surface area contributed by atoms with Crippen LogP contribution in [0.25, 0.3) is 0 Å². The average Bonchev–Trinajstić information content (AvgIpc) is 3.05. The average molecular weight is 375 g/mol. The summed E-state index contributed by atoms with van der Waals surface area (Å²) in [6.07, 6.45) is 1.69. The lowest BCUT2D eigenvalue weighted by Crippen LogP contribution is -2.52. The highest BCUT2D eigenvalue weighted by Crippen LogP contribution is 2.19. The van der Waals surface area contributed by atoms with Gasteiger partial charge in [-0.2, -0.15) is 5.10 Å². The number of benzene rings is 1. The SMILES string of the molecule is CC(C)Cc1cc(CN2CCN(Cc3ccccc3F)[C@@H](CCO)C2)[nH]n1. The number of aliphatic hydroxyl groups is 1. The lowest BCUT2D eigenvalue weighted by atomic mass is 10.1. The lowest BCUT2D eigenvalue weighted by molar-refractivity contribution is 0.0487. The number of rotatable bonds is 8. The quantitative estimate of drug-likeness (QED) is 0.746. The van der Waals surface area contributed by atoms with E-state index in [1.54, 1.807) is 6.07 Å². The van der Waals surface area contributed by atoms with E-state index in [-0.39, 0.29) is 18.5 Å². The molecule has 5 nitrogen and oxygen atoms in total. The summed E-state index contributed by atoms with van der Waals surface area (Å²) >= 11 is 0. The van der Waals surface area contributed by atoms with Crippen molar-refractivity contribution in [3.8, 4) is 0 Å². The van der Waals surface area contributed by atoms with Gasteiger partial charge in [-0.15, -0.1) is 0 Å². The molecule has 1 aliphatic rings. The van der Waals surface area contributed by atoms with Gasteiger partial charge in [0.15, 0.2) is 0 Å². The molecule has 2 aromatic rings. The number of aromatic amines is 1. The fraction of sp³-hybridized carbons (Fsp3) is 0.571. The van der Waals surface area contributed by atoms with Crippen LogP contribution < -0.4 is 0 Å². The molecule has 2 heterocycles. The maximum Gasteiger partial charge on any atom is 0.127 e. The Kier molecular flexibility index (Phi) is 6.99. The second-order valence-corrected chi connectivity index (χ2v) is 7.95. The molecule has 0 amide bonds. The molecule has 0 aliphatic carbocycles. The number of nitrogens with zero attached hydrogens (tertiary/aromatic N) is 3. The Hall–Kier alpha value is -1.76. The summed E-state index contributed by atoms with van der Waals surface area (Å²) < 4.78 is 14.0. The maximum absolute atomic E-state index is 14.0. The van der Waals surface area contributed by atoms with Crippen molar-refractivity contribution in [3.05, 3.63) is 53.1 Å². The highest BCUT2D eigenvalue weighted by Gasteiger charge is 2.27. The van der Waals surface area contributed by atoms with Crippen LogP contribution in [0.2, 0.25) is 0 Å². The summed E-state index contributed by atoms with van der Waals surface area (Å²) in [6, 6.07) is 9.34. The van der Waals surface area contributed by atoms with Crippen LogP contribution in [0, 0.1) is 11.7 Å². The Morgan fingerprint density at radius 3 is 2.81 bits per heavy atom. The summed E-state index contributed by atoms with van der Waals surface area (Å²) in [5.74, 6) is 0.440. The van der Waals surface area contributed by atoms with Crippen molar-refractivity contribution < 1.29 is 9.50 Å². The first-order chi connectivity index (χ1) is 13.0. The van der Waals surface area contributed by atoms with Gasteiger partial charge >= 0.3 is 0 Å². The van der Waals surface area contributed by atoms with E-state index in [0.717, 1.165) is 49.6 Å².